The number of Topliss-reactive ketones (excluding diaryl/α,β-unsaturated/α-hetero) is 1. The summed E-state index contributed by atoms with van der Waals surface area (Å²) in [4.78, 5) is 48.8. The molecule has 0 atom stereocenters. The van der Waals surface area contributed by atoms with Gasteiger partial charge in [0.15, 0.2) is 5.78 Å². The van der Waals surface area contributed by atoms with E-state index in [1.54, 1.807) is 37.3 Å². The summed E-state index contributed by atoms with van der Waals surface area (Å²) in [6.45, 7) is 3.59. The molecule has 174 valence electrons. The van der Waals surface area contributed by atoms with Crippen molar-refractivity contribution in [2.75, 3.05) is 10.6 Å². The fourth-order valence-corrected chi connectivity index (χ4v) is 3.60. The monoisotopic (exact) mass is 478 g/mol. The highest BCUT2D eigenvalue weighted by molar-refractivity contribution is 6.31. The summed E-state index contributed by atoms with van der Waals surface area (Å²) in [5.74, 6) is -2.23. The van der Waals surface area contributed by atoms with Gasteiger partial charge >= 0.3 is 5.97 Å². The smallest absolute Gasteiger partial charge is 0.303 e. The van der Waals surface area contributed by atoms with Crippen LogP contribution in [0.1, 0.15) is 55.0 Å². The van der Waals surface area contributed by atoms with Gasteiger partial charge in [0, 0.05) is 33.8 Å². The number of amides is 2. The minimum Gasteiger partial charge on any atom is -0.481 e. The SMILES string of the molecule is Cc1ccccc1C(=O)Nc1ccc(C(=O)Nc2ccc(Cl)cc2C(=O)CCC(=O)O)c(C)c1. The van der Waals surface area contributed by atoms with E-state index in [-0.39, 0.29) is 30.0 Å². The Kier molecular flexibility index (Phi) is 7.81. The molecule has 0 aliphatic rings. The molecule has 3 N–H and O–H groups in total. The molecule has 0 aliphatic carbocycles. The van der Waals surface area contributed by atoms with Gasteiger partial charge in [-0.1, -0.05) is 29.8 Å². The number of benzene rings is 3. The van der Waals surface area contributed by atoms with Crippen LogP contribution in [0.15, 0.2) is 60.7 Å². The Balaban J connectivity index is 1.77. The van der Waals surface area contributed by atoms with Crippen LogP contribution in [0.4, 0.5) is 11.4 Å². The van der Waals surface area contributed by atoms with E-state index in [0.29, 0.717) is 27.4 Å². The standard InChI is InChI=1S/C26H23ClN2O5/c1-15-5-3-4-6-19(15)25(33)28-18-8-9-20(16(2)13-18)26(34)29-22-10-7-17(27)14-21(22)23(30)11-12-24(31)32/h3-10,13-14H,11-12H2,1-2H3,(H,28,33)(H,29,34)(H,31,32). The molecule has 0 saturated heterocycles. The van der Waals surface area contributed by atoms with Crippen LogP contribution < -0.4 is 10.6 Å². The van der Waals surface area contributed by atoms with E-state index in [1.807, 2.05) is 19.1 Å². The molecule has 34 heavy (non-hydrogen) atoms. The normalized spacial score (nSPS) is 10.4. The van der Waals surface area contributed by atoms with E-state index in [4.69, 9.17) is 16.7 Å². The first kappa shape index (κ1) is 24.7. The van der Waals surface area contributed by atoms with Crippen molar-refractivity contribution in [1.82, 2.24) is 0 Å². The van der Waals surface area contributed by atoms with Gasteiger partial charge in [-0.25, -0.2) is 0 Å². The quantitative estimate of drug-likeness (QED) is 0.369. The second-order valence-corrected chi connectivity index (χ2v) is 8.20. The van der Waals surface area contributed by atoms with Crippen molar-refractivity contribution in [1.29, 1.82) is 0 Å². The lowest BCUT2D eigenvalue weighted by Crippen LogP contribution is -2.17. The lowest BCUT2D eigenvalue weighted by Gasteiger charge is -2.13. The molecule has 0 fully saturated rings. The summed E-state index contributed by atoms with van der Waals surface area (Å²) >= 11 is 6.00. The van der Waals surface area contributed by atoms with Gasteiger partial charge in [0.05, 0.1) is 12.1 Å². The van der Waals surface area contributed by atoms with Crippen LogP contribution in [0.5, 0.6) is 0 Å². The fourth-order valence-electron chi connectivity index (χ4n) is 3.42. The molecular formula is C26H23ClN2O5. The molecule has 8 heteroatoms. The van der Waals surface area contributed by atoms with E-state index in [0.717, 1.165) is 5.56 Å². The van der Waals surface area contributed by atoms with Crippen molar-refractivity contribution < 1.29 is 24.3 Å². The highest BCUT2D eigenvalue weighted by Crippen LogP contribution is 2.25. The van der Waals surface area contributed by atoms with Gasteiger partial charge in [0.1, 0.15) is 0 Å². The van der Waals surface area contributed by atoms with Gasteiger partial charge in [-0.2, -0.15) is 0 Å². The molecule has 0 aliphatic heterocycles. The second-order valence-electron chi connectivity index (χ2n) is 7.76. The van der Waals surface area contributed by atoms with Gasteiger partial charge in [-0.15, -0.1) is 0 Å². The van der Waals surface area contributed by atoms with E-state index in [1.165, 1.54) is 18.2 Å². The molecule has 0 spiro atoms. The van der Waals surface area contributed by atoms with Gasteiger partial charge in [0.2, 0.25) is 0 Å². The number of hydrogen-bond donors (Lipinski definition) is 3. The summed E-state index contributed by atoms with van der Waals surface area (Å²) in [6, 6.07) is 16.6. The van der Waals surface area contributed by atoms with Crippen LogP contribution in [0.2, 0.25) is 5.02 Å². The number of hydrogen-bond acceptors (Lipinski definition) is 4. The van der Waals surface area contributed by atoms with E-state index in [2.05, 4.69) is 10.6 Å². The van der Waals surface area contributed by atoms with Crippen LogP contribution >= 0.6 is 11.6 Å². The van der Waals surface area contributed by atoms with Gasteiger partial charge in [0.25, 0.3) is 11.8 Å². The Morgan fingerprint density at radius 3 is 2.12 bits per heavy atom. The summed E-state index contributed by atoms with van der Waals surface area (Å²) in [7, 11) is 0. The van der Waals surface area contributed by atoms with Crippen LogP contribution in [-0.2, 0) is 4.79 Å². The number of aliphatic carboxylic acids is 1. The Morgan fingerprint density at radius 1 is 0.765 bits per heavy atom. The molecule has 7 nitrogen and oxygen atoms in total. The zero-order chi connectivity index (χ0) is 24.8. The molecule has 3 aromatic carbocycles. The van der Waals surface area contributed by atoms with Crippen LogP contribution in [-0.4, -0.2) is 28.7 Å². The topological polar surface area (TPSA) is 113 Å². The number of carboxylic acid groups (broad SMARTS) is 1. The Bertz CT molecular complexity index is 1290. The molecule has 0 radical (unpaired) electrons. The van der Waals surface area contributed by atoms with Crippen molar-refractivity contribution in [3.05, 3.63) is 93.5 Å². The third-order valence-corrected chi connectivity index (χ3v) is 5.45. The number of halogens is 1. The van der Waals surface area contributed by atoms with Crippen molar-refractivity contribution in [3.63, 3.8) is 0 Å². The van der Waals surface area contributed by atoms with E-state index >= 15 is 0 Å². The van der Waals surface area contributed by atoms with Crippen LogP contribution in [0.25, 0.3) is 0 Å². The molecule has 0 heterocycles. The number of ketones is 1. The summed E-state index contributed by atoms with van der Waals surface area (Å²) in [5, 5.41) is 14.7. The number of rotatable bonds is 8. The average Bonchev–Trinajstić information content (AvgIpc) is 2.78. The maximum atomic E-state index is 12.9. The second kappa shape index (κ2) is 10.8. The molecule has 3 aromatic rings. The van der Waals surface area contributed by atoms with E-state index in [9.17, 15) is 19.2 Å². The largest absolute Gasteiger partial charge is 0.481 e. The minimum atomic E-state index is -1.09. The Morgan fingerprint density at radius 2 is 1.44 bits per heavy atom. The van der Waals surface area contributed by atoms with Gasteiger partial charge in [-0.05, 0) is 67.4 Å². The Hall–Kier alpha value is -3.97. The van der Waals surface area contributed by atoms with Crippen molar-refractivity contribution in [2.24, 2.45) is 0 Å². The minimum absolute atomic E-state index is 0.141. The number of aryl methyl sites for hydroxylation is 2. The molecule has 0 bridgehead atoms. The highest BCUT2D eigenvalue weighted by Gasteiger charge is 2.18. The summed E-state index contributed by atoms with van der Waals surface area (Å²) < 4.78 is 0. The maximum absolute atomic E-state index is 12.9. The number of carbonyl (C=O) groups excluding carboxylic acids is 3. The Labute approximate surface area is 201 Å². The van der Waals surface area contributed by atoms with Crippen LogP contribution in [0.3, 0.4) is 0 Å². The number of carboxylic acids is 1. The first-order valence-corrected chi connectivity index (χ1v) is 10.9. The first-order valence-electron chi connectivity index (χ1n) is 10.5. The van der Waals surface area contributed by atoms with E-state index < -0.39 is 17.7 Å². The molecular weight excluding hydrogens is 456 g/mol. The molecule has 0 saturated carbocycles. The molecule has 2 amide bonds. The maximum Gasteiger partial charge on any atom is 0.303 e. The van der Waals surface area contributed by atoms with Crippen molar-refractivity contribution in [2.45, 2.75) is 26.7 Å². The lowest BCUT2D eigenvalue weighted by atomic mass is 10.0. The molecule has 0 unspecified atom stereocenters. The van der Waals surface area contributed by atoms with Crippen molar-refractivity contribution >= 4 is 46.5 Å². The zero-order valence-corrected chi connectivity index (χ0v) is 19.4. The number of anilines is 2. The lowest BCUT2D eigenvalue weighted by molar-refractivity contribution is -0.136. The number of carbonyl (C=O) groups is 4. The predicted octanol–water partition coefficient (Wildman–Crippen LogP) is 5.51. The predicted molar refractivity (Wildman–Crippen MR) is 131 cm³/mol. The summed E-state index contributed by atoms with van der Waals surface area (Å²) in [5.41, 5.74) is 3.30. The third-order valence-electron chi connectivity index (χ3n) is 5.21. The van der Waals surface area contributed by atoms with Gasteiger partial charge < -0.3 is 15.7 Å². The average molecular weight is 479 g/mol. The zero-order valence-electron chi connectivity index (χ0n) is 18.6. The van der Waals surface area contributed by atoms with Crippen molar-refractivity contribution in [3.8, 4) is 0 Å². The number of nitrogens with one attached hydrogen (secondary N) is 2. The van der Waals surface area contributed by atoms with Gasteiger partial charge in [-0.3, -0.25) is 19.2 Å². The fraction of sp³-hybridized carbons (Fsp3) is 0.154. The van der Waals surface area contributed by atoms with Crippen LogP contribution in [0, 0.1) is 13.8 Å². The third kappa shape index (κ3) is 6.08. The summed E-state index contributed by atoms with van der Waals surface area (Å²) in [6.07, 6.45) is -0.541. The first-order chi connectivity index (χ1) is 16.2. The highest BCUT2D eigenvalue weighted by atomic mass is 35.5. The molecule has 3 rings (SSSR count). The molecule has 0 aromatic heterocycles.